The highest BCUT2D eigenvalue weighted by molar-refractivity contribution is 5.23. The third-order valence-corrected chi connectivity index (χ3v) is 1.58. The van der Waals surface area contributed by atoms with E-state index in [4.69, 9.17) is 4.74 Å². The Morgan fingerprint density at radius 3 is 3.50 bits per heavy atom. The van der Waals surface area contributed by atoms with Gasteiger partial charge in [0.2, 0.25) is 0 Å². The van der Waals surface area contributed by atoms with Crippen molar-refractivity contribution in [1.29, 1.82) is 0 Å². The molecule has 0 amide bonds. The second kappa shape index (κ2) is 2.21. The standard InChI is InChI=1S/C8H8NO/c1-2-4-8-7(3-1)9-5-6-10-8/h2-6,8H,1H2. The minimum Gasteiger partial charge on any atom is -0.486 e. The van der Waals surface area contributed by atoms with Crippen LogP contribution in [0.3, 0.4) is 0 Å². The Labute approximate surface area is 59.9 Å². The fraction of sp³-hybridized carbons (Fsp3) is 0.250. The Morgan fingerprint density at radius 2 is 2.60 bits per heavy atom. The van der Waals surface area contributed by atoms with Gasteiger partial charge in [0.05, 0.1) is 11.9 Å². The van der Waals surface area contributed by atoms with Gasteiger partial charge in [0, 0.05) is 0 Å². The van der Waals surface area contributed by atoms with Crippen LogP contribution in [-0.2, 0) is 4.74 Å². The van der Waals surface area contributed by atoms with E-state index in [-0.39, 0.29) is 6.10 Å². The van der Waals surface area contributed by atoms with Gasteiger partial charge in [-0.2, -0.15) is 0 Å². The number of fused-ring (bicyclic) bond motifs is 1. The minimum atomic E-state index is 0.0822. The molecule has 2 aliphatic rings. The van der Waals surface area contributed by atoms with Crippen LogP contribution in [0.5, 0.6) is 0 Å². The van der Waals surface area contributed by atoms with Crippen LogP contribution in [0.2, 0.25) is 0 Å². The average molecular weight is 134 g/mol. The average Bonchev–Trinajstić information content (AvgIpc) is 2.05. The van der Waals surface area contributed by atoms with E-state index in [1.807, 2.05) is 6.08 Å². The molecule has 0 saturated heterocycles. The minimum absolute atomic E-state index is 0.0822. The molecule has 0 N–H and O–H groups in total. The molecule has 2 nitrogen and oxygen atoms in total. The topological polar surface area (TPSA) is 23.3 Å². The molecule has 1 atom stereocenters. The number of hydrogen-bond acceptors (Lipinski definition) is 1. The molecule has 0 saturated carbocycles. The van der Waals surface area contributed by atoms with Crippen molar-refractivity contribution in [3.63, 3.8) is 0 Å². The Morgan fingerprint density at radius 1 is 1.60 bits per heavy atom. The van der Waals surface area contributed by atoms with Gasteiger partial charge in [-0.1, -0.05) is 12.2 Å². The zero-order valence-electron chi connectivity index (χ0n) is 5.53. The van der Waals surface area contributed by atoms with Crippen molar-refractivity contribution in [2.45, 2.75) is 12.5 Å². The zero-order valence-corrected chi connectivity index (χ0v) is 5.53. The molecule has 2 rings (SSSR count). The van der Waals surface area contributed by atoms with Gasteiger partial charge in [0.15, 0.2) is 6.10 Å². The van der Waals surface area contributed by atoms with Crippen molar-refractivity contribution in [2.75, 3.05) is 0 Å². The summed E-state index contributed by atoms with van der Waals surface area (Å²) in [5, 5.41) is 4.16. The zero-order chi connectivity index (χ0) is 6.81. The summed E-state index contributed by atoms with van der Waals surface area (Å²) < 4.78 is 5.25. The molecular weight excluding hydrogens is 126 g/mol. The second-order valence-corrected chi connectivity index (χ2v) is 2.26. The lowest BCUT2D eigenvalue weighted by Crippen LogP contribution is -2.21. The van der Waals surface area contributed by atoms with Gasteiger partial charge in [0.1, 0.15) is 6.26 Å². The van der Waals surface area contributed by atoms with Gasteiger partial charge in [-0.3, -0.25) is 5.32 Å². The molecule has 0 aromatic rings. The molecule has 2 heteroatoms. The van der Waals surface area contributed by atoms with E-state index in [1.54, 1.807) is 12.5 Å². The van der Waals surface area contributed by atoms with Gasteiger partial charge in [-0.25, -0.2) is 0 Å². The first-order chi connectivity index (χ1) is 4.97. The lowest BCUT2D eigenvalue weighted by atomic mass is 10.1. The predicted molar refractivity (Wildman–Crippen MR) is 38.0 cm³/mol. The van der Waals surface area contributed by atoms with Crippen molar-refractivity contribution < 1.29 is 4.74 Å². The fourth-order valence-corrected chi connectivity index (χ4v) is 1.08. The van der Waals surface area contributed by atoms with Crippen LogP contribution < -0.4 is 5.32 Å². The number of ether oxygens (including phenoxy) is 1. The van der Waals surface area contributed by atoms with Crippen LogP contribution in [0, 0.1) is 0 Å². The van der Waals surface area contributed by atoms with Crippen LogP contribution in [0.25, 0.3) is 0 Å². The first kappa shape index (κ1) is 5.59. The smallest absolute Gasteiger partial charge is 0.158 e. The number of hydrogen-bond donors (Lipinski definition) is 0. The van der Waals surface area contributed by atoms with Crippen molar-refractivity contribution in [3.05, 3.63) is 36.4 Å². The monoisotopic (exact) mass is 134 g/mol. The summed E-state index contributed by atoms with van der Waals surface area (Å²) in [5.41, 5.74) is 1.03. The Balaban J connectivity index is 2.23. The van der Waals surface area contributed by atoms with Crippen LogP contribution in [0.4, 0.5) is 0 Å². The molecule has 0 aromatic carbocycles. The fourth-order valence-electron chi connectivity index (χ4n) is 1.08. The van der Waals surface area contributed by atoms with Crippen LogP contribution in [-0.4, -0.2) is 6.10 Å². The van der Waals surface area contributed by atoms with E-state index < -0.39 is 0 Å². The van der Waals surface area contributed by atoms with E-state index in [0.29, 0.717) is 0 Å². The van der Waals surface area contributed by atoms with Crippen LogP contribution in [0.1, 0.15) is 6.42 Å². The normalized spacial score (nSPS) is 28.0. The lowest BCUT2D eigenvalue weighted by molar-refractivity contribution is 0.197. The second-order valence-electron chi connectivity index (χ2n) is 2.26. The van der Waals surface area contributed by atoms with E-state index in [2.05, 4.69) is 17.5 Å². The van der Waals surface area contributed by atoms with E-state index in [0.717, 1.165) is 12.1 Å². The first-order valence-electron chi connectivity index (χ1n) is 3.35. The lowest BCUT2D eigenvalue weighted by Gasteiger charge is -2.20. The maximum absolute atomic E-state index is 5.25. The maximum atomic E-state index is 5.25. The Hall–Kier alpha value is -1.18. The third-order valence-electron chi connectivity index (χ3n) is 1.58. The molecule has 10 heavy (non-hydrogen) atoms. The summed E-state index contributed by atoms with van der Waals surface area (Å²) in [4.78, 5) is 0. The van der Waals surface area contributed by atoms with Gasteiger partial charge in [-0.15, -0.1) is 0 Å². The summed E-state index contributed by atoms with van der Waals surface area (Å²) >= 11 is 0. The number of nitrogens with zero attached hydrogens (tertiary/aromatic N) is 1. The van der Waals surface area contributed by atoms with Crippen molar-refractivity contribution in [2.24, 2.45) is 0 Å². The van der Waals surface area contributed by atoms with Crippen molar-refractivity contribution in [3.8, 4) is 0 Å². The quantitative estimate of drug-likeness (QED) is 0.458. The molecule has 1 aliphatic heterocycles. The van der Waals surface area contributed by atoms with E-state index >= 15 is 0 Å². The summed E-state index contributed by atoms with van der Waals surface area (Å²) in [6.45, 7) is 0. The van der Waals surface area contributed by atoms with Crippen molar-refractivity contribution >= 4 is 0 Å². The van der Waals surface area contributed by atoms with Gasteiger partial charge >= 0.3 is 0 Å². The molecule has 0 aromatic heterocycles. The first-order valence-corrected chi connectivity index (χ1v) is 3.35. The van der Waals surface area contributed by atoms with Crippen LogP contribution >= 0.6 is 0 Å². The van der Waals surface area contributed by atoms with Crippen molar-refractivity contribution in [1.82, 2.24) is 5.32 Å². The molecule has 0 bridgehead atoms. The summed E-state index contributed by atoms with van der Waals surface area (Å²) in [6, 6.07) is 0. The van der Waals surface area contributed by atoms with E-state index in [9.17, 15) is 0 Å². The highest BCUT2D eigenvalue weighted by atomic mass is 16.5. The summed E-state index contributed by atoms with van der Waals surface area (Å²) in [7, 11) is 0. The van der Waals surface area contributed by atoms with Gasteiger partial charge < -0.3 is 4.74 Å². The molecule has 1 heterocycles. The highest BCUT2D eigenvalue weighted by Gasteiger charge is 2.16. The predicted octanol–water partition coefficient (Wildman–Crippen LogP) is 1.30. The van der Waals surface area contributed by atoms with Crippen LogP contribution in [0.15, 0.2) is 36.4 Å². The van der Waals surface area contributed by atoms with Gasteiger partial charge in [-0.05, 0) is 12.5 Å². The van der Waals surface area contributed by atoms with Gasteiger partial charge in [0.25, 0.3) is 0 Å². The molecule has 51 valence electrons. The molecular formula is C8H8NO. The largest absolute Gasteiger partial charge is 0.486 e. The number of allylic oxidation sites excluding steroid dienone is 2. The number of rotatable bonds is 0. The molecule has 1 aliphatic carbocycles. The highest BCUT2D eigenvalue weighted by Crippen LogP contribution is 2.16. The maximum Gasteiger partial charge on any atom is 0.158 e. The molecule has 0 fully saturated rings. The summed E-state index contributed by atoms with van der Waals surface area (Å²) in [6.07, 6.45) is 10.6. The SMILES string of the molecule is C1=CC2OC=C[N]C2=CC1. The Kier molecular flexibility index (Phi) is 1.24. The van der Waals surface area contributed by atoms with E-state index in [1.165, 1.54) is 0 Å². The molecule has 1 unspecified atom stereocenters. The molecule has 0 spiro atoms. The summed E-state index contributed by atoms with van der Waals surface area (Å²) in [5.74, 6) is 0. The molecule has 1 radical (unpaired) electrons. The Bertz CT molecular complexity index is 215. The third kappa shape index (κ3) is 0.817.